The van der Waals surface area contributed by atoms with Crippen molar-refractivity contribution in [2.24, 2.45) is 0 Å². The van der Waals surface area contributed by atoms with Crippen molar-refractivity contribution in [1.82, 2.24) is 10.3 Å². The second-order valence-corrected chi connectivity index (χ2v) is 4.98. The fraction of sp³-hybridized carbons (Fsp3) is 0.636. The molecule has 0 unspecified atom stereocenters. The number of anilines is 2. The first-order valence-electron chi connectivity index (χ1n) is 6.14. The number of carbonyl (C=O) groups excluding carboxylic acids is 1. The number of nitrogens with two attached hydrogens (primary N) is 1. The molecule has 0 atom stereocenters. The van der Waals surface area contributed by atoms with Crippen LogP contribution in [0.2, 0.25) is 0 Å². The molecule has 0 spiro atoms. The van der Waals surface area contributed by atoms with E-state index in [-0.39, 0.29) is 10.7 Å². The van der Waals surface area contributed by atoms with Crippen molar-refractivity contribution in [3.63, 3.8) is 0 Å². The molecule has 1 amide bonds. The van der Waals surface area contributed by atoms with Crippen LogP contribution in [0.4, 0.5) is 24.1 Å². The van der Waals surface area contributed by atoms with Gasteiger partial charge in [-0.2, -0.15) is 13.2 Å². The van der Waals surface area contributed by atoms with Crippen molar-refractivity contribution in [3.8, 4) is 0 Å². The summed E-state index contributed by atoms with van der Waals surface area (Å²) in [7, 11) is 0. The Balaban J connectivity index is 2.69. The minimum Gasteiger partial charge on any atom is -0.382 e. The Morgan fingerprint density at radius 3 is 2.50 bits per heavy atom. The van der Waals surface area contributed by atoms with E-state index in [1.807, 2.05) is 18.7 Å². The summed E-state index contributed by atoms with van der Waals surface area (Å²) in [5.41, 5.74) is 5.64. The number of hydrogen-bond acceptors (Lipinski definition) is 5. The first-order valence-corrected chi connectivity index (χ1v) is 6.96. The zero-order valence-corrected chi connectivity index (χ0v) is 12.1. The number of thiazole rings is 1. The second kappa shape index (κ2) is 6.78. The molecule has 0 bridgehead atoms. The predicted octanol–water partition coefficient (Wildman–Crippen LogP) is 2.25. The summed E-state index contributed by atoms with van der Waals surface area (Å²) in [6, 6.07) is 0. The van der Waals surface area contributed by atoms with Crippen LogP contribution in [0.3, 0.4) is 0 Å². The van der Waals surface area contributed by atoms with E-state index >= 15 is 0 Å². The van der Waals surface area contributed by atoms with E-state index in [9.17, 15) is 18.0 Å². The van der Waals surface area contributed by atoms with Crippen LogP contribution in [0.5, 0.6) is 0 Å². The lowest BCUT2D eigenvalue weighted by Crippen LogP contribution is -2.27. The smallest absolute Gasteiger partial charge is 0.382 e. The van der Waals surface area contributed by atoms with Crippen molar-refractivity contribution in [2.45, 2.75) is 26.4 Å². The molecule has 0 saturated carbocycles. The van der Waals surface area contributed by atoms with Gasteiger partial charge in [0.2, 0.25) is 0 Å². The molecular weight excluding hydrogens is 293 g/mol. The van der Waals surface area contributed by atoms with E-state index < -0.39 is 25.0 Å². The van der Waals surface area contributed by atoms with Gasteiger partial charge in [0, 0.05) is 19.6 Å². The highest BCUT2D eigenvalue weighted by molar-refractivity contribution is 7.18. The molecule has 0 saturated heterocycles. The number of alkyl halides is 3. The van der Waals surface area contributed by atoms with Gasteiger partial charge in [0.25, 0.3) is 5.91 Å². The van der Waals surface area contributed by atoms with Gasteiger partial charge >= 0.3 is 6.18 Å². The summed E-state index contributed by atoms with van der Waals surface area (Å²) in [5.74, 6) is -0.580. The monoisotopic (exact) mass is 310 g/mol. The van der Waals surface area contributed by atoms with Gasteiger partial charge in [-0.05, 0) is 13.8 Å². The molecule has 5 nitrogen and oxygen atoms in total. The van der Waals surface area contributed by atoms with Crippen molar-refractivity contribution >= 4 is 28.2 Å². The van der Waals surface area contributed by atoms with Crippen molar-refractivity contribution < 1.29 is 18.0 Å². The van der Waals surface area contributed by atoms with Crippen LogP contribution in [0.15, 0.2) is 0 Å². The second-order valence-electron chi connectivity index (χ2n) is 4.00. The Kier molecular flexibility index (Phi) is 5.61. The minimum absolute atomic E-state index is 0.0430. The Morgan fingerprint density at radius 2 is 2.00 bits per heavy atom. The Hall–Kier alpha value is -1.51. The van der Waals surface area contributed by atoms with Crippen LogP contribution < -0.4 is 16.0 Å². The Morgan fingerprint density at radius 1 is 1.40 bits per heavy atom. The zero-order chi connectivity index (χ0) is 15.3. The number of aromatic nitrogens is 1. The van der Waals surface area contributed by atoms with E-state index in [0.29, 0.717) is 18.2 Å². The molecule has 0 aliphatic carbocycles. The minimum atomic E-state index is -4.29. The molecule has 1 aromatic rings. The fourth-order valence-corrected chi connectivity index (χ4v) is 2.54. The molecular formula is C11H17F3N4OS. The number of rotatable bonds is 6. The van der Waals surface area contributed by atoms with E-state index in [1.54, 1.807) is 0 Å². The number of nitrogens with one attached hydrogen (secondary N) is 1. The Labute approximate surface area is 119 Å². The molecule has 3 N–H and O–H groups in total. The number of carbonyl (C=O) groups is 1. The largest absolute Gasteiger partial charge is 0.390 e. The summed E-state index contributed by atoms with van der Waals surface area (Å²) >= 11 is 1.08. The maximum atomic E-state index is 12.0. The fourth-order valence-electron chi connectivity index (χ4n) is 1.51. The SMILES string of the molecule is CCN(CC)c1nc(N)c(C(=O)NCCC(F)(F)F)s1. The molecule has 0 fully saturated rings. The van der Waals surface area contributed by atoms with Crippen LogP contribution >= 0.6 is 11.3 Å². The summed E-state index contributed by atoms with van der Waals surface area (Å²) in [6.07, 6.45) is -5.36. The van der Waals surface area contributed by atoms with Gasteiger partial charge in [0.05, 0.1) is 6.42 Å². The third-order valence-electron chi connectivity index (χ3n) is 2.58. The molecule has 0 aliphatic heterocycles. The normalized spacial score (nSPS) is 11.4. The quantitative estimate of drug-likeness (QED) is 0.845. The highest BCUT2D eigenvalue weighted by Gasteiger charge is 2.27. The summed E-state index contributed by atoms with van der Waals surface area (Å²) in [5, 5.41) is 2.79. The predicted molar refractivity (Wildman–Crippen MR) is 73.1 cm³/mol. The molecule has 20 heavy (non-hydrogen) atoms. The number of nitrogens with zero attached hydrogens (tertiary/aromatic N) is 2. The third kappa shape index (κ3) is 4.55. The maximum Gasteiger partial charge on any atom is 0.390 e. The van der Waals surface area contributed by atoms with Gasteiger partial charge in [-0.15, -0.1) is 0 Å². The van der Waals surface area contributed by atoms with Crippen LogP contribution in [0.1, 0.15) is 29.9 Å². The van der Waals surface area contributed by atoms with Crippen molar-refractivity contribution in [3.05, 3.63) is 4.88 Å². The van der Waals surface area contributed by atoms with Crippen LogP contribution in [0, 0.1) is 0 Å². The zero-order valence-electron chi connectivity index (χ0n) is 11.3. The van der Waals surface area contributed by atoms with Gasteiger partial charge in [-0.25, -0.2) is 4.98 Å². The molecule has 0 aromatic carbocycles. The molecule has 1 aromatic heterocycles. The van der Waals surface area contributed by atoms with Crippen molar-refractivity contribution in [2.75, 3.05) is 30.3 Å². The Bertz CT molecular complexity index is 457. The highest BCUT2D eigenvalue weighted by atomic mass is 32.1. The highest BCUT2D eigenvalue weighted by Crippen LogP contribution is 2.28. The van der Waals surface area contributed by atoms with E-state index in [2.05, 4.69) is 10.3 Å². The molecule has 9 heteroatoms. The van der Waals surface area contributed by atoms with Crippen LogP contribution in [-0.2, 0) is 0 Å². The number of halogens is 3. The topological polar surface area (TPSA) is 71.2 Å². The van der Waals surface area contributed by atoms with E-state index in [0.717, 1.165) is 11.3 Å². The standard InChI is InChI=1S/C11H17F3N4OS/c1-3-18(4-2)10-17-8(15)7(20-10)9(19)16-6-5-11(12,13)14/h3-6,15H2,1-2H3,(H,16,19). The molecule has 1 heterocycles. The number of nitrogen functional groups attached to an aromatic ring is 1. The summed E-state index contributed by atoms with van der Waals surface area (Å²) < 4.78 is 36.0. The summed E-state index contributed by atoms with van der Waals surface area (Å²) in [6.45, 7) is 4.81. The molecule has 1 rings (SSSR count). The lowest BCUT2D eigenvalue weighted by molar-refractivity contribution is -0.132. The van der Waals surface area contributed by atoms with Crippen molar-refractivity contribution in [1.29, 1.82) is 0 Å². The van der Waals surface area contributed by atoms with Crippen LogP contribution in [-0.4, -0.2) is 36.7 Å². The first kappa shape index (κ1) is 16.5. The van der Waals surface area contributed by atoms with Gasteiger partial charge in [-0.1, -0.05) is 11.3 Å². The van der Waals surface area contributed by atoms with Gasteiger partial charge in [0.1, 0.15) is 10.7 Å². The summed E-state index contributed by atoms with van der Waals surface area (Å²) in [4.78, 5) is 17.9. The lowest BCUT2D eigenvalue weighted by Gasteiger charge is -2.16. The number of amides is 1. The lowest BCUT2D eigenvalue weighted by atomic mass is 10.4. The van der Waals surface area contributed by atoms with Gasteiger partial charge in [0.15, 0.2) is 5.13 Å². The van der Waals surface area contributed by atoms with E-state index in [4.69, 9.17) is 5.73 Å². The first-order chi connectivity index (χ1) is 9.28. The molecule has 114 valence electrons. The average molecular weight is 310 g/mol. The van der Waals surface area contributed by atoms with Crippen LogP contribution in [0.25, 0.3) is 0 Å². The third-order valence-corrected chi connectivity index (χ3v) is 3.71. The van der Waals surface area contributed by atoms with E-state index in [1.165, 1.54) is 0 Å². The van der Waals surface area contributed by atoms with Gasteiger partial charge < -0.3 is 16.0 Å². The molecule has 0 aliphatic rings. The maximum absolute atomic E-state index is 12.0. The number of hydrogen-bond donors (Lipinski definition) is 2. The average Bonchev–Trinajstić information content (AvgIpc) is 2.71. The van der Waals surface area contributed by atoms with Gasteiger partial charge in [-0.3, -0.25) is 4.79 Å². The molecule has 0 radical (unpaired) electrons.